The van der Waals surface area contributed by atoms with Gasteiger partial charge in [0.2, 0.25) is 10.0 Å². The Morgan fingerprint density at radius 3 is 2.71 bits per heavy atom. The fraction of sp³-hybridized carbons (Fsp3) is 0.0667. The van der Waals surface area contributed by atoms with E-state index in [9.17, 15) is 8.42 Å². The van der Waals surface area contributed by atoms with Gasteiger partial charge in [0.1, 0.15) is 0 Å². The number of para-hydroxylation sites is 1. The Labute approximate surface area is 122 Å². The normalized spacial score (nSPS) is 11.7. The zero-order valence-electron chi connectivity index (χ0n) is 11.2. The van der Waals surface area contributed by atoms with Crippen LogP contribution in [0.15, 0.2) is 59.6 Å². The van der Waals surface area contributed by atoms with E-state index in [2.05, 4.69) is 10.3 Å². The summed E-state index contributed by atoms with van der Waals surface area (Å²) in [5, 5.41) is 9.49. The van der Waals surface area contributed by atoms with Crippen LogP contribution in [0.2, 0.25) is 0 Å². The minimum Gasteiger partial charge on any atom is -0.381 e. The van der Waals surface area contributed by atoms with E-state index in [4.69, 9.17) is 5.14 Å². The molecule has 0 aliphatic heterocycles. The quantitative estimate of drug-likeness (QED) is 0.691. The number of sulfonamides is 1. The van der Waals surface area contributed by atoms with E-state index in [-0.39, 0.29) is 4.90 Å². The second-order valence-electron chi connectivity index (χ2n) is 4.79. The van der Waals surface area contributed by atoms with Crippen LogP contribution < -0.4 is 10.5 Å². The Balaban J connectivity index is 1.82. The standard InChI is InChI=1S/C15H15N3O2S/c16-21(19,20)13-5-3-4-12(8-13)17-9-11-10-18-15-7-2-1-6-14(11)15/h1-8,10,17-18H,9H2,(H2,16,19,20). The molecule has 0 fully saturated rings. The van der Waals surface area contributed by atoms with Crippen molar-refractivity contribution in [3.63, 3.8) is 0 Å². The molecule has 108 valence electrons. The number of H-pyrrole nitrogens is 1. The number of fused-ring (bicyclic) bond motifs is 1. The summed E-state index contributed by atoms with van der Waals surface area (Å²) in [6.45, 7) is 0.595. The maximum absolute atomic E-state index is 11.3. The number of anilines is 1. The first-order valence-corrected chi connectivity index (χ1v) is 8.00. The molecule has 2 aromatic carbocycles. The van der Waals surface area contributed by atoms with Crippen LogP contribution >= 0.6 is 0 Å². The van der Waals surface area contributed by atoms with Gasteiger partial charge in [0.15, 0.2) is 0 Å². The van der Waals surface area contributed by atoms with Gasteiger partial charge in [-0.05, 0) is 29.8 Å². The maximum Gasteiger partial charge on any atom is 0.238 e. The highest BCUT2D eigenvalue weighted by Crippen LogP contribution is 2.20. The molecule has 6 heteroatoms. The lowest BCUT2D eigenvalue weighted by Gasteiger charge is -2.07. The summed E-state index contributed by atoms with van der Waals surface area (Å²) in [7, 11) is -3.68. The topological polar surface area (TPSA) is 88.0 Å². The zero-order valence-corrected chi connectivity index (χ0v) is 12.0. The van der Waals surface area contributed by atoms with Gasteiger partial charge in [0, 0.05) is 29.3 Å². The Morgan fingerprint density at radius 2 is 1.90 bits per heavy atom. The van der Waals surface area contributed by atoms with Crippen LogP contribution in [0.4, 0.5) is 5.69 Å². The molecule has 0 bridgehead atoms. The highest BCUT2D eigenvalue weighted by Gasteiger charge is 2.08. The second-order valence-corrected chi connectivity index (χ2v) is 6.35. The zero-order chi connectivity index (χ0) is 14.9. The summed E-state index contributed by atoms with van der Waals surface area (Å²) in [6.07, 6.45) is 1.95. The average molecular weight is 301 g/mol. The number of primary sulfonamides is 1. The lowest BCUT2D eigenvalue weighted by Crippen LogP contribution is -2.12. The van der Waals surface area contributed by atoms with Crippen LogP contribution in [0, 0.1) is 0 Å². The van der Waals surface area contributed by atoms with Gasteiger partial charge in [-0.2, -0.15) is 0 Å². The van der Waals surface area contributed by atoms with Crippen LogP contribution in [-0.4, -0.2) is 13.4 Å². The van der Waals surface area contributed by atoms with Crippen LogP contribution in [0.1, 0.15) is 5.56 Å². The molecular weight excluding hydrogens is 286 g/mol. The van der Waals surface area contributed by atoms with Crippen molar-refractivity contribution in [2.45, 2.75) is 11.4 Å². The Hall–Kier alpha value is -2.31. The summed E-state index contributed by atoms with van der Waals surface area (Å²) >= 11 is 0. The van der Waals surface area contributed by atoms with Crippen LogP contribution in [0.25, 0.3) is 10.9 Å². The second kappa shape index (κ2) is 5.23. The van der Waals surface area contributed by atoms with Crippen LogP contribution in [-0.2, 0) is 16.6 Å². The van der Waals surface area contributed by atoms with Crippen LogP contribution in [0.5, 0.6) is 0 Å². The molecule has 0 aliphatic rings. The molecule has 0 amide bonds. The summed E-state index contributed by atoms with van der Waals surface area (Å²) in [5.74, 6) is 0. The lowest BCUT2D eigenvalue weighted by atomic mass is 10.2. The molecule has 0 spiro atoms. The first kappa shape index (κ1) is 13.7. The average Bonchev–Trinajstić information content (AvgIpc) is 2.88. The Kier molecular flexibility index (Phi) is 3.40. The third-order valence-electron chi connectivity index (χ3n) is 3.32. The highest BCUT2D eigenvalue weighted by atomic mass is 32.2. The fourth-order valence-electron chi connectivity index (χ4n) is 2.26. The van der Waals surface area contributed by atoms with Crippen molar-refractivity contribution in [1.82, 2.24) is 4.98 Å². The van der Waals surface area contributed by atoms with Crippen molar-refractivity contribution in [3.8, 4) is 0 Å². The minimum absolute atomic E-state index is 0.103. The van der Waals surface area contributed by atoms with Crippen molar-refractivity contribution < 1.29 is 8.42 Å². The smallest absolute Gasteiger partial charge is 0.238 e. The summed E-state index contributed by atoms with van der Waals surface area (Å²) in [6, 6.07) is 14.5. The molecule has 0 atom stereocenters. The van der Waals surface area contributed by atoms with Gasteiger partial charge in [0.25, 0.3) is 0 Å². The largest absolute Gasteiger partial charge is 0.381 e. The van der Waals surface area contributed by atoms with Crippen molar-refractivity contribution in [2.24, 2.45) is 5.14 Å². The number of hydrogen-bond donors (Lipinski definition) is 3. The summed E-state index contributed by atoms with van der Waals surface area (Å²) in [4.78, 5) is 3.31. The van der Waals surface area contributed by atoms with E-state index in [1.54, 1.807) is 6.07 Å². The van der Waals surface area contributed by atoms with Gasteiger partial charge in [-0.15, -0.1) is 0 Å². The molecule has 0 saturated heterocycles. The predicted molar refractivity (Wildman–Crippen MR) is 83.4 cm³/mol. The van der Waals surface area contributed by atoms with E-state index in [0.29, 0.717) is 12.2 Å². The lowest BCUT2D eigenvalue weighted by molar-refractivity contribution is 0.598. The number of benzene rings is 2. The Morgan fingerprint density at radius 1 is 1.10 bits per heavy atom. The van der Waals surface area contributed by atoms with Gasteiger partial charge in [0.05, 0.1) is 4.90 Å². The predicted octanol–water partition coefficient (Wildman–Crippen LogP) is 2.43. The molecule has 3 aromatic rings. The third-order valence-corrected chi connectivity index (χ3v) is 4.23. The van der Waals surface area contributed by atoms with E-state index in [1.165, 1.54) is 12.1 Å². The van der Waals surface area contributed by atoms with Crippen molar-refractivity contribution in [3.05, 3.63) is 60.3 Å². The molecule has 3 rings (SSSR count). The van der Waals surface area contributed by atoms with Gasteiger partial charge >= 0.3 is 0 Å². The van der Waals surface area contributed by atoms with Crippen molar-refractivity contribution >= 4 is 26.6 Å². The van der Waals surface area contributed by atoms with Crippen LogP contribution in [0.3, 0.4) is 0 Å². The summed E-state index contributed by atoms with van der Waals surface area (Å²) in [5.41, 5.74) is 2.91. The van der Waals surface area contributed by atoms with Gasteiger partial charge in [-0.25, -0.2) is 13.6 Å². The highest BCUT2D eigenvalue weighted by molar-refractivity contribution is 7.89. The van der Waals surface area contributed by atoms with Gasteiger partial charge < -0.3 is 10.3 Å². The molecule has 1 heterocycles. The fourth-order valence-corrected chi connectivity index (χ4v) is 2.82. The number of rotatable bonds is 4. The molecule has 5 nitrogen and oxygen atoms in total. The molecule has 21 heavy (non-hydrogen) atoms. The molecule has 0 unspecified atom stereocenters. The number of aromatic amines is 1. The molecular formula is C15H15N3O2S. The van der Waals surface area contributed by atoms with Gasteiger partial charge in [-0.3, -0.25) is 0 Å². The van der Waals surface area contributed by atoms with Crippen molar-refractivity contribution in [2.75, 3.05) is 5.32 Å². The molecule has 1 aromatic heterocycles. The molecule has 0 saturated carbocycles. The first-order chi connectivity index (χ1) is 10.0. The first-order valence-electron chi connectivity index (χ1n) is 6.46. The van der Waals surface area contributed by atoms with Gasteiger partial charge in [-0.1, -0.05) is 24.3 Å². The van der Waals surface area contributed by atoms with Crippen molar-refractivity contribution in [1.29, 1.82) is 0 Å². The Bertz CT molecular complexity index is 885. The minimum atomic E-state index is -3.68. The number of nitrogens with one attached hydrogen (secondary N) is 2. The van der Waals surface area contributed by atoms with E-state index in [0.717, 1.165) is 16.5 Å². The maximum atomic E-state index is 11.3. The van der Waals surface area contributed by atoms with E-state index in [1.807, 2.05) is 36.5 Å². The monoisotopic (exact) mass is 301 g/mol. The number of hydrogen-bond acceptors (Lipinski definition) is 3. The SMILES string of the molecule is NS(=O)(=O)c1cccc(NCc2c[nH]c3ccccc23)c1. The van der Waals surface area contributed by atoms with E-state index >= 15 is 0 Å². The molecule has 0 aliphatic carbocycles. The third kappa shape index (κ3) is 2.91. The summed E-state index contributed by atoms with van der Waals surface area (Å²) < 4.78 is 22.7. The number of nitrogens with two attached hydrogens (primary N) is 1. The number of aromatic nitrogens is 1. The van der Waals surface area contributed by atoms with E-state index < -0.39 is 10.0 Å². The molecule has 0 radical (unpaired) electrons. The molecule has 4 N–H and O–H groups in total.